The maximum atomic E-state index is 12.3. The third kappa shape index (κ3) is 4.09. The number of fused-ring (bicyclic) bond motifs is 1. The number of allylic oxidation sites excluding steroid dienone is 1. The van der Waals surface area contributed by atoms with Crippen LogP contribution in [0.25, 0.3) is 16.3 Å². The van der Waals surface area contributed by atoms with Crippen LogP contribution in [0.5, 0.6) is 0 Å². The molecular weight excluding hydrogens is 362 g/mol. The molecule has 0 atom stereocenters. The van der Waals surface area contributed by atoms with Crippen LogP contribution in [-0.4, -0.2) is 15.4 Å². The molecular formula is C20H17N3O3S. The molecule has 0 spiro atoms. The van der Waals surface area contributed by atoms with E-state index in [2.05, 4.69) is 11.6 Å². The third-order valence-electron chi connectivity index (χ3n) is 3.94. The highest BCUT2D eigenvalue weighted by Crippen LogP contribution is 2.21. The van der Waals surface area contributed by atoms with Gasteiger partial charge in [0.1, 0.15) is 0 Å². The normalized spacial score (nSPS) is 12.0. The summed E-state index contributed by atoms with van der Waals surface area (Å²) in [7, 11) is 0. The topological polar surface area (TPSA) is 77.5 Å². The number of para-hydroxylation sites is 1. The molecule has 0 radical (unpaired) electrons. The minimum Gasteiger partial charge on any atom is -0.312 e. The molecule has 0 unspecified atom stereocenters. The first-order valence-corrected chi connectivity index (χ1v) is 9.02. The highest BCUT2D eigenvalue weighted by atomic mass is 32.1. The van der Waals surface area contributed by atoms with Gasteiger partial charge in [-0.3, -0.25) is 14.9 Å². The van der Waals surface area contributed by atoms with Crippen molar-refractivity contribution in [2.45, 2.75) is 13.5 Å². The van der Waals surface area contributed by atoms with Gasteiger partial charge in [-0.2, -0.15) is 4.99 Å². The number of hydrogen-bond donors (Lipinski definition) is 0. The maximum absolute atomic E-state index is 12.3. The number of hydrogen-bond acceptors (Lipinski definition) is 4. The Morgan fingerprint density at radius 2 is 2.04 bits per heavy atom. The Morgan fingerprint density at radius 3 is 2.70 bits per heavy atom. The molecule has 0 saturated heterocycles. The van der Waals surface area contributed by atoms with Crippen molar-refractivity contribution in [2.24, 2.45) is 4.99 Å². The molecule has 0 saturated carbocycles. The Morgan fingerprint density at radius 1 is 1.30 bits per heavy atom. The van der Waals surface area contributed by atoms with Gasteiger partial charge in [0.05, 0.1) is 15.1 Å². The summed E-state index contributed by atoms with van der Waals surface area (Å²) in [5, 5.41) is 10.7. The van der Waals surface area contributed by atoms with E-state index in [9.17, 15) is 14.9 Å². The number of carbonyl (C=O) groups excluding carboxylic acids is 1. The zero-order valence-electron chi connectivity index (χ0n) is 14.7. The lowest BCUT2D eigenvalue weighted by atomic mass is 10.2. The SMILES string of the molecule is C=CCn1c(=NC(=O)/C=C\c2ccc([N+](=O)[O-])cc2)sc2cccc(C)c21. The van der Waals surface area contributed by atoms with Crippen molar-refractivity contribution in [3.8, 4) is 0 Å². The summed E-state index contributed by atoms with van der Waals surface area (Å²) >= 11 is 1.45. The van der Waals surface area contributed by atoms with Gasteiger partial charge in [-0.25, -0.2) is 0 Å². The van der Waals surface area contributed by atoms with E-state index in [-0.39, 0.29) is 5.69 Å². The van der Waals surface area contributed by atoms with Crippen molar-refractivity contribution in [3.63, 3.8) is 0 Å². The molecule has 136 valence electrons. The zero-order chi connectivity index (χ0) is 19.4. The number of aromatic nitrogens is 1. The molecule has 3 rings (SSSR count). The third-order valence-corrected chi connectivity index (χ3v) is 4.99. The standard InChI is InChI=1S/C20H17N3O3S/c1-3-13-22-19-14(2)5-4-6-17(19)27-20(22)21-18(24)12-9-15-7-10-16(11-8-15)23(25)26/h3-12H,1,13H2,2H3/b12-9-,21-20?. The largest absolute Gasteiger partial charge is 0.312 e. The molecule has 7 heteroatoms. The van der Waals surface area contributed by atoms with Crippen molar-refractivity contribution in [2.75, 3.05) is 0 Å². The maximum Gasteiger partial charge on any atom is 0.272 e. The van der Waals surface area contributed by atoms with Crippen LogP contribution in [-0.2, 0) is 11.3 Å². The molecule has 6 nitrogen and oxygen atoms in total. The minimum absolute atomic E-state index is 0.00859. The molecule has 3 aromatic rings. The number of nitrogens with zero attached hydrogens (tertiary/aromatic N) is 3. The summed E-state index contributed by atoms with van der Waals surface area (Å²) in [6.07, 6.45) is 4.72. The minimum atomic E-state index is -0.463. The van der Waals surface area contributed by atoms with E-state index in [1.165, 1.54) is 29.5 Å². The van der Waals surface area contributed by atoms with Gasteiger partial charge in [-0.05, 0) is 42.3 Å². The van der Waals surface area contributed by atoms with E-state index in [0.29, 0.717) is 16.9 Å². The summed E-state index contributed by atoms with van der Waals surface area (Å²) in [6, 6.07) is 12.0. The summed E-state index contributed by atoms with van der Waals surface area (Å²) in [5.74, 6) is -0.393. The van der Waals surface area contributed by atoms with Gasteiger partial charge in [-0.15, -0.1) is 6.58 Å². The molecule has 0 fully saturated rings. The van der Waals surface area contributed by atoms with E-state index < -0.39 is 10.8 Å². The van der Waals surface area contributed by atoms with Gasteiger partial charge < -0.3 is 4.57 Å². The second-order valence-corrected chi connectivity index (χ2v) is 6.85. The summed E-state index contributed by atoms with van der Waals surface area (Å²) < 4.78 is 3.03. The Bertz CT molecular complexity index is 1120. The van der Waals surface area contributed by atoms with E-state index in [4.69, 9.17) is 0 Å². The van der Waals surface area contributed by atoms with E-state index in [1.807, 2.05) is 29.7 Å². The molecule has 1 amide bonds. The summed E-state index contributed by atoms with van der Waals surface area (Å²) in [4.78, 5) is 27.3. The fourth-order valence-electron chi connectivity index (χ4n) is 2.70. The van der Waals surface area contributed by atoms with Crippen LogP contribution in [0.3, 0.4) is 0 Å². The Labute approximate surface area is 159 Å². The Kier molecular flexibility index (Phi) is 5.42. The quantitative estimate of drug-likeness (QED) is 0.288. The predicted octanol–water partition coefficient (Wildman–Crippen LogP) is 4.25. The van der Waals surface area contributed by atoms with Gasteiger partial charge in [0, 0.05) is 24.8 Å². The number of rotatable bonds is 5. The average Bonchev–Trinajstić information content (AvgIpc) is 2.99. The number of benzene rings is 2. The van der Waals surface area contributed by atoms with Crippen LogP contribution in [0, 0.1) is 17.0 Å². The predicted molar refractivity (Wildman–Crippen MR) is 107 cm³/mol. The van der Waals surface area contributed by atoms with Crippen molar-refractivity contribution in [1.82, 2.24) is 4.57 Å². The molecule has 2 aromatic carbocycles. The molecule has 0 aliphatic carbocycles. The van der Waals surface area contributed by atoms with Gasteiger partial charge in [0.2, 0.25) is 0 Å². The van der Waals surface area contributed by atoms with Gasteiger partial charge in [0.15, 0.2) is 4.80 Å². The van der Waals surface area contributed by atoms with Crippen molar-refractivity contribution >= 4 is 39.2 Å². The van der Waals surface area contributed by atoms with Crippen LogP contribution < -0.4 is 4.80 Å². The number of nitro groups is 1. The first-order chi connectivity index (χ1) is 13.0. The van der Waals surface area contributed by atoms with Gasteiger partial charge in [-0.1, -0.05) is 29.5 Å². The van der Waals surface area contributed by atoms with Gasteiger partial charge >= 0.3 is 0 Å². The number of carbonyl (C=O) groups is 1. The Balaban J connectivity index is 1.92. The van der Waals surface area contributed by atoms with Gasteiger partial charge in [0.25, 0.3) is 11.6 Å². The van der Waals surface area contributed by atoms with Crippen molar-refractivity contribution in [3.05, 3.63) is 87.2 Å². The molecule has 0 bridgehead atoms. The first-order valence-electron chi connectivity index (χ1n) is 8.20. The lowest BCUT2D eigenvalue weighted by Crippen LogP contribution is -2.16. The summed E-state index contributed by atoms with van der Waals surface area (Å²) in [6.45, 7) is 6.36. The molecule has 0 aliphatic heterocycles. The van der Waals surface area contributed by atoms with Crippen LogP contribution in [0.15, 0.2) is 66.2 Å². The highest BCUT2D eigenvalue weighted by Gasteiger charge is 2.08. The monoisotopic (exact) mass is 379 g/mol. The lowest BCUT2D eigenvalue weighted by Gasteiger charge is -2.03. The van der Waals surface area contributed by atoms with E-state index in [0.717, 1.165) is 15.8 Å². The molecule has 1 heterocycles. The lowest BCUT2D eigenvalue weighted by molar-refractivity contribution is -0.384. The number of nitro benzene ring substituents is 1. The summed E-state index contributed by atoms with van der Waals surface area (Å²) in [5.41, 5.74) is 2.86. The number of non-ortho nitro benzene ring substituents is 1. The van der Waals surface area contributed by atoms with Crippen molar-refractivity contribution < 1.29 is 9.72 Å². The second-order valence-electron chi connectivity index (χ2n) is 5.84. The zero-order valence-corrected chi connectivity index (χ0v) is 15.5. The van der Waals surface area contributed by atoms with Crippen LogP contribution in [0.2, 0.25) is 0 Å². The average molecular weight is 379 g/mol. The number of amides is 1. The van der Waals surface area contributed by atoms with E-state index >= 15 is 0 Å². The number of thiazole rings is 1. The van der Waals surface area contributed by atoms with Crippen LogP contribution in [0.1, 0.15) is 11.1 Å². The highest BCUT2D eigenvalue weighted by molar-refractivity contribution is 7.16. The molecule has 0 N–H and O–H groups in total. The molecule has 1 aromatic heterocycles. The Hall–Kier alpha value is -3.32. The van der Waals surface area contributed by atoms with Crippen molar-refractivity contribution in [1.29, 1.82) is 0 Å². The molecule has 27 heavy (non-hydrogen) atoms. The van der Waals surface area contributed by atoms with E-state index in [1.54, 1.807) is 24.3 Å². The molecule has 0 aliphatic rings. The number of aryl methyl sites for hydroxylation is 1. The fourth-order valence-corrected chi connectivity index (χ4v) is 3.82. The van der Waals surface area contributed by atoms with Crippen LogP contribution in [0.4, 0.5) is 5.69 Å². The van der Waals surface area contributed by atoms with Crippen LogP contribution >= 0.6 is 11.3 Å². The fraction of sp³-hybridized carbons (Fsp3) is 0.100. The second kappa shape index (κ2) is 7.92. The first kappa shape index (κ1) is 18.5. The smallest absolute Gasteiger partial charge is 0.272 e.